The molecule has 0 heterocycles. The van der Waals surface area contributed by atoms with Gasteiger partial charge in [-0.1, -0.05) is 24.4 Å². The van der Waals surface area contributed by atoms with Crippen molar-refractivity contribution in [2.45, 2.75) is 30.9 Å². The topological polar surface area (TPSA) is 70.0 Å². The van der Waals surface area contributed by atoms with Crippen LogP contribution in [-0.2, 0) is 10.0 Å². The predicted molar refractivity (Wildman–Crippen MR) is 71.0 cm³/mol. The number of nitriles is 1. The molecule has 1 aliphatic carbocycles. The second-order valence-corrected chi connectivity index (χ2v) is 6.73. The molecular formula is C12H13ClN2O2S. The van der Waals surface area contributed by atoms with Crippen LogP contribution in [0.15, 0.2) is 18.2 Å². The molecule has 0 unspecified atom stereocenters. The monoisotopic (exact) mass is 284 g/mol. The third kappa shape index (κ3) is 2.77. The van der Waals surface area contributed by atoms with E-state index < -0.39 is 10.0 Å². The van der Waals surface area contributed by atoms with E-state index in [-0.39, 0.29) is 10.3 Å². The van der Waals surface area contributed by atoms with Crippen LogP contribution in [0.2, 0.25) is 5.02 Å². The van der Waals surface area contributed by atoms with Crippen LogP contribution in [0.5, 0.6) is 0 Å². The summed E-state index contributed by atoms with van der Waals surface area (Å²) in [6.45, 7) is 0. The maximum Gasteiger partial charge on any atom is 0.235 e. The highest BCUT2D eigenvalue weighted by Gasteiger charge is 2.29. The Kier molecular flexibility index (Phi) is 3.79. The van der Waals surface area contributed by atoms with Crippen LogP contribution in [0.1, 0.15) is 31.2 Å². The van der Waals surface area contributed by atoms with Crippen molar-refractivity contribution >= 4 is 27.3 Å². The molecule has 0 bridgehead atoms. The zero-order chi connectivity index (χ0) is 13.2. The van der Waals surface area contributed by atoms with Gasteiger partial charge >= 0.3 is 0 Å². The van der Waals surface area contributed by atoms with Crippen molar-refractivity contribution in [1.82, 2.24) is 0 Å². The second-order valence-electron chi connectivity index (χ2n) is 4.36. The first-order chi connectivity index (χ1) is 8.53. The summed E-state index contributed by atoms with van der Waals surface area (Å²) in [5, 5.41) is 8.63. The van der Waals surface area contributed by atoms with Crippen molar-refractivity contribution in [1.29, 1.82) is 5.26 Å². The second kappa shape index (κ2) is 5.17. The van der Waals surface area contributed by atoms with E-state index in [1.807, 2.05) is 6.07 Å². The number of sulfonamides is 1. The smallest absolute Gasteiger partial charge is 0.235 e. The van der Waals surface area contributed by atoms with Gasteiger partial charge in [0, 0.05) is 0 Å². The van der Waals surface area contributed by atoms with Crippen molar-refractivity contribution in [3.63, 3.8) is 0 Å². The Balaban J connectivity index is 2.21. The molecule has 0 saturated heterocycles. The maximum absolute atomic E-state index is 12.1. The Labute approximate surface area is 112 Å². The van der Waals surface area contributed by atoms with Crippen molar-refractivity contribution in [2.75, 3.05) is 4.72 Å². The summed E-state index contributed by atoms with van der Waals surface area (Å²) < 4.78 is 26.7. The van der Waals surface area contributed by atoms with Gasteiger partial charge in [-0.25, -0.2) is 8.42 Å². The largest absolute Gasteiger partial charge is 0.282 e. The fourth-order valence-electron chi connectivity index (χ4n) is 2.10. The summed E-state index contributed by atoms with van der Waals surface area (Å²) in [6.07, 6.45) is 3.30. The van der Waals surface area contributed by atoms with Gasteiger partial charge in [0.05, 0.1) is 27.6 Å². The van der Waals surface area contributed by atoms with Crippen molar-refractivity contribution in [3.8, 4) is 6.07 Å². The van der Waals surface area contributed by atoms with E-state index in [0.29, 0.717) is 24.1 Å². The minimum absolute atomic E-state index is 0.246. The Morgan fingerprint density at radius 3 is 2.56 bits per heavy atom. The molecule has 96 valence electrons. The first kappa shape index (κ1) is 13.2. The summed E-state index contributed by atoms with van der Waals surface area (Å²) in [4.78, 5) is 0. The Morgan fingerprint density at radius 2 is 2.00 bits per heavy atom. The van der Waals surface area contributed by atoms with Crippen LogP contribution in [0.4, 0.5) is 5.69 Å². The van der Waals surface area contributed by atoms with Gasteiger partial charge in [0.1, 0.15) is 0 Å². The number of rotatable bonds is 3. The Bertz CT molecular complexity index is 587. The van der Waals surface area contributed by atoms with Crippen molar-refractivity contribution < 1.29 is 8.42 Å². The number of hydrogen-bond donors (Lipinski definition) is 1. The van der Waals surface area contributed by atoms with Crippen molar-refractivity contribution in [2.24, 2.45) is 0 Å². The molecule has 1 aromatic carbocycles. The lowest BCUT2D eigenvalue weighted by atomic mass is 10.2. The van der Waals surface area contributed by atoms with Crippen LogP contribution in [0.25, 0.3) is 0 Å². The van der Waals surface area contributed by atoms with Crippen LogP contribution >= 0.6 is 11.6 Å². The van der Waals surface area contributed by atoms with Gasteiger partial charge in [-0.3, -0.25) is 4.72 Å². The van der Waals surface area contributed by atoms with E-state index in [1.54, 1.807) is 6.07 Å². The zero-order valence-electron chi connectivity index (χ0n) is 9.69. The molecule has 0 aromatic heterocycles. The van der Waals surface area contributed by atoms with Gasteiger partial charge in [0.15, 0.2) is 0 Å². The van der Waals surface area contributed by atoms with E-state index in [0.717, 1.165) is 12.8 Å². The van der Waals surface area contributed by atoms with E-state index in [1.165, 1.54) is 12.1 Å². The lowest BCUT2D eigenvalue weighted by molar-refractivity contribution is 0.585. The number of nitrogens with one attached hydrogen (secondary N) is 1. The van der Waals surface area contributed by atoms with Crippen molar-refractivity contribution in [3.05, 3.63) is 28.8 Å². The molecule has 0 aliphatic heterocycles. The summed E-state index contributed by atoms with van der Waals surface area (Å²) in [5.41, 5.74) is 0.742. The average molecular weight is 285 g/mol. The molecule has 2 rings (SSSR count). The quantitative estimate of drug-likeness (QED) is 0.928. The average Bonchev–Trinajstić information content (AvgIpc) is 2.86. The minimum Gasteiger partial charge on any atom is -0.282 e. The molecule has 1 aromatic rings. The molecule has 0 amide bonds. The zero-order valence-corrected chi connectivity index (χ0v) is 11.3. The van der Waals surface area contributed by atoms with E-state index in [4.69, 9.17) is 16.9 Å². The number of halogens is 1. The minimum atomic E-state index is -3.37. The third-order valence-electron chi connectivity index (χ3n) is 3.09. The third-order valence-corrected chi connectivity index (χ3v) is 5.26. The highest BCUT2D eigenvalue weighted by molar-refractivity contribution is 7.93. The fourth-order valence-corrected chi connectivity index (χ4v) is 3.99. The van der Waals surface area contributed by atoms with E-state index in [9.17, 15) is 8.42 Å². The molecular weight excluding hydrogens is 272 g/mol. The van der Waals surface area contributed by atoms with Gasteiger partial charge < -0.3 is 0 Å². The first-order valence-electron chi connectivity index (χ1n) is 5.74. The normalized spacial score (nSPS) is 16.4. The highest BCUT2D eigenvalue weighted by atomic mass is 35.5. The lowest BCUT2D eigenvalue weighted by Crippen LogP contribution is -2.25. The Morgan fingerprint density at radius 1 is 1.33 bits per heavy atom. The molecule has 0 atom stereocenters. The molecule has 18 heavy (non-hydrogen) atoms. The molecule has 1 fully saturated rings. The van der Waals surface area contributed by atoms with Crippen LogP contribution in [0, 0.1) is 11.3 Å². The lowest BCUT2D eigenvalue weighted by Gasteiger charge is -2.14. The van der Waals surface area contributed by atoms with Crippen LogP contribution in [0.3, 0.4) is 0 Å². The molecule has 4 nitrogen and oxygen atoms in total. The summed E-state index contributed by atoms with van der Waals surface area (Å²) >= 11 is 5.94. The fraction of sp³-hybridized carbons (Fsp3) is 0.417. The summed E-state index contributed by atoms with van der Waals surface area (Å²) in [5.74, 6) is 0. The number of hydrogen-bond acceptors (Lipinski definition) is 3. The predicted octanol–water partition coefficient (Wildman–Crippen LogP) is 2.90. The van der Waals surface area contributed by atoms with Gasteiger partial charge in [0.2, 0.25) is 10.0 Å². The summed E-state index contributed by atoms with van der Waals surface area (Å²) in [7, 11) is -3.37. The highest BCUT2D eigenvalue weighted by Crippen LogP contribution is 2.29. The Hall–Kier alpha value is -1.25. The number of nitrogens with zero attached hydrogens (tertiary/aromatic N) is 1. The van der Waals surface area contributed by atoms with Gasteiger partial charge in [-0.05, 0) is 31.0 Å². The molecule has 1 aliphatic rings. The molecule has 1 N–H and O–H groups in total. The first-order valence-corrected chi connectivity index (χ1v) is 7.66. The van der Waals surface area contributed by atoms with Gasteiger partial charge in [-0.15, -0.1) is 0 Å². The number of benzene rings is 1. The molecule has 0 spiro atoms. The SMILES string of the molecule is N#Cc1ccc(NS(=O)(=O)C2CCCC2)c(Cl)c1. The van der Waals surface area contributed by atoms with Gasteiger partial charge in [-0.2, -0.15) is 5.26 Å². The van der Waals surface area contributed by atoms with Gasteiger partial charge in [0.25, 0.3) is 0 Å². The molecule has 6 heteroatoms. The summed E-state index contributed by atoms with van der Waals surface area (Å²) in [6, 6.07) is 6.46. The van der Waals surface area contributed by atoms with Crippen LogP contribution < -0.4 is 4.72 Å². The molecule has 1 saturated carbocycles. The molecule has 0 radical (unpaired) electrons. The van der Waals surface area contributed by atoms with E-state index >= 15 is 0 Å². The number of anilines is 1. The van der Waals surface area contributed by atoms with E-state index in [2.05, 4.69) is 4.72 Å². The van der Waals surface area contributed by atoms with Crippen LogP contribution in [-0.4, -0.2) is 13.7 Å². The standard InChI is InChI=1S/C12H13ClN2O2S/c13-11-7-9(8-14)5-6-12(11)15-18(16,17)10-3-1-2-4-10/h5-7,10,15H,1-4H2. The maximum atomic E-state index is 12.1.